The van der Waals surface area contributed by atoms with Gasteiger partial charge in [-0.2, -0.15) is 5.43 Å². The zero-order chi connectivity index (χ0) is 74.3. The molecule has 0 aliphatic carbocycles. The lowest BCUT2D eigenvalue weighted by Crippen LogP contribution is -2.46. The first-order chi connectivity index (χ1) is 44.4. The predicted molar refractivity (Wildman–Crippen MR) is 271 cm³/mol. The van der Waals surface area contributed by atoms with Crippen LogP contribution >= 0.6 is 0 Å². The average Bonchev–Trinajstić information content (AvgIpc) is 2.61. The second-order valence-electron chi connectivity index (χ2n) is 12.7. The molecule has 0 unspecified atom stereocenters. The second kappa shape index (κ2) is 69.3. The molecule has 0 aromatic carbocycles. The summed E-state index contributed by atoms with van der Waals surface area (Å²) >= 11 is 0. The molecule has 0 radical (unpaired) electrons. The van der Waals surface area contributed by atoms with Crippen molar-refractivity contribution in [3.63, 3.8) is 0 Å². The predicted octanol–water partition coefficient (Wildman–Crippen LogP) is -0.675. The minimum Gasteiger partial charge on any atom is -0.446 e. The Morgan fingerprint density at radius 2 is 0.521 bits per heavy atom. The minimum atomic E-state index is -1.52. The highest BCUT2D eigenvalue weighted by Gasteiger charge is 2.18. The quantitative estimate of drug-likeness (QED) is 0.0375. The number of hydrogen-bond acceptors (Lipinski definition) is 43. The Labute approximate surface area is 521 Å². The summed E-state index contributed by atoms with van der Waals surface area (Å²) in [7, 11) is 0. The van der Waals surface area contributed by atoms with Crippen molar-refractivity contribution >= 4 is 104 Å². The summed E-state index contributed by atoms with van der Waals surface area (Å²) in [6, 6.07) is 0. The number of aliphatic hydroxyl groups is 1. The van der Waals surface area contributed by atoms with Crippen LogP contribution in [0.25, 0.3) is 0 Å². The SMILES string of the molecule is CC.CC.CC(C)O.CC(C)OC(=O)NNC(=O)OOC(=O)NNC(=O)OOC(=O)NNC(=O)OC(C)C.CC(C)OC(=O)NNC(=O)OOC(=O)NNC(=O)OOC(=O)NOC#N.N#CON=C=O.N#CONC(=O)OOC(=O)NNC(=O)OOC(=O)NN=C=O.OO. The number of carbonyl (C=O) groups excluding carboxylic acids is 17. The van der Waals surface area contributed by atoms with Gasteiger partial charge in [0.25, 0.3) is 12.2 Å². The molecule has 0 aliphatic rings. The van der Waals surface area contributed by atoms with Gasteiger partial charge < -0.3 is 19.3 Å². The zero-order valence-electron chi connectivity index (χ0n) is 49.7. The lowest BCUT2D eigenvalue weighted by atomic mass is 10.5. The summed E-state index contributed by atoms with van der Waals surface area (Å²) < 4.78 is 13.8. The maximum absolute atomic E-state index is 11.1. The highest BCUT2D eigenvalue weighted by molar-refractivity contribution is 5.78. The number of aliphatic hydroxyl groups excluding tert-OH is 1. The molecule has 0 aromatic rings. The number of rotatable bonds is 7. The van der Waals surface area contributed by atoms with Crippen molar-refractivity contribution in [2.24, 2.45) is 10.3 Å². The van der Waals surface area contributed by atoms with Gasteiger partial charge in [0.1, 0.15) is 0 Å². The van der Waals surface area contributed by atoms with E-state index in [-0.39, 0.29) is 6.10 Å². The van der Waals surface area contributed by atoms with Gasteiger partial charge in [-0.25, -0.2) is 205 Å². The second-order valence-corrected chi connectivity index (χ2v) is 12.7. The Hall–Kier alpha value is -14.4. The highest BCUT2D eigenvalue weighted by atomic mass is 17.3. The van der Waals surface area contributed by atoms with E-state index in [4.69, 9.17) is 36.2 Å². The first kappa shape index (κ1) is 95.9. The normalized spacial score (nSPS) is 8.09. The third-order valence-electron chi connectivity index (χ3n) is 4.46. The van der Waals surface area contributed by atoms with Gasteiger partial charge >= 0.3 is 110 Å². The van der Waals surface area contributed by atoms with E-state index in [1.165, 1.54) is 48.9 Å². The number of nitrogens with zero attached hydrogens (tertiary/aromatic N) is 5. The first-order valence-electron chi connectivity index (χ1n) is 23.1. The largest absolute Gasteiger partial charge is 0.483 e. The molecule has 0 bridgehead atoms. The van der Waals surface area contributed by atoms with E-state index in [9.17, 15) is 76.7 Å². The van der Waals surface area contributed by atoms with Crippen LogP contribution in [-0.4, -0.2) is 144 Å². The summed E-state index contributed by atoms with van der Waals surface area (Å²) in [5.41, 5.74) is 23.4. The maximum atomic E-state index is 11.1. The average molecular weight is 1380 g/mol. The van der Waals surface area contributed by atoms with Crippen molar-refractivity contribution in [3.05, 3.63) is 0 Å². The van der Waals surface area contributed by atoms with Crippen LogP contribution in [0.2, 0.25) is 0 Å². The molecule has 94 heavy (non-hydrogen) atoms. The summed E-state index contributed by atoms with van der Waals surface area (Å²) in [5, 5.41) is 48.3. The van der Waals surface area contributed by atoms with Crippen molar-refractivity contribution in [2.45, 2.75) is 108 Å². The number of nitrogens with one attached hydrogen (secondary N) is 15. The number of hydroxylamine groups is 2. The molecule has 0 heterocycles. The number of hydrazone groups is 1. The molecule has 0 fully saturated rings. The molecule has 0 saturated carbocycles. The van der Waals surface area contributed by atoms with Crippen LogP contribution in [0.15, 0.2) is 10.3 Å². The van der Waals surface area contributed by atoms with Crippen LogP contribution in [0, 0.1) is 34.6 Å². The Bertz CT molecular complexity index is 2470. The fourth-order valence-corrected chi connectivity index (χ4v) is 2.27. The topological polar surface area (TPSA) is 794 Å². The van der Waals surface area contributed by atoms with Crippen molar-refractivity contribution in [3.8, 4) is 18.8 Å². The number of hydrogen-bond donors (Lipinski definition) is 18. The number of amides is 15. The van der Waals surface area contributed by atoms with E-state index < -0.39 is 110 Å². The van der Waals surface area contributed by atoms with Gasteiger partial charge in [0.15, 0.2) is 0 Å². The molecule has 15 amide bonds. The number of ether oxygens (including phenoxy) is 3. The fourth-order valence-electron chi connectivity index (χ4n) is 2.27. The van der Waals surface area contributed by atoms with E-state index in [0.29, 0.717) is 0 Å². The molecule has 0 spiro atoms. The van der Waals surface area contributed by atoms with Gasteiger partial charge in [0.2, 0.25) is 0 Å². The van der Waals surface area contributed by atoms with Crippen LogP contribution in [-0.2, 0) is 97.0 Å². The molecule has 0 rings (SSSR count). The van der Waals surface area contributed by atoms with Crippen molar-refractivity contribution in [1.29, 1.82) is 15.8 Å². The van der Waals surface area contributed by atoms with Gasteiger partial charge in [0.05, 0.1) is 18.3 Å². The standard InChI is InChI=1S/C12H20N6O12.C9H12N6O11.C6H4N6O10.C3H8O.C2N2O2.2C2H6.H2O2/c1-5(2)25-7(19)13-15-9(21)27-29-11(23)17-18-12(24)30-28-10(22)16-14-8(20)26-6(3)4;1-4(2)22-5(16)11-12-6(17)23-24-7(18)13-14-8(19)25-26-9(20)15-21-3-10;7-1-18-12-6(17)22-21-5(16)11-10-4(15)20-19-3(14)9-8-2-13;1-3(2)4;3-1-6-4-2-5;3*1-2/h5-6H,1-4H3,(H,13,19)(H,14,20)(H,15,21)(H,16,22)(H,17,23)(H,18,24);4H,1-2H3,(H,11,16)(H,12,17)(H,13,18)(H,14,19)(H,15,20);(H,9,14)(H,10,15)(H,11,16)(H,12,17);3-4H,1-2H3;;2*1-2H3;1-2H. The fraction of sp³-hybridized carbons (Fsp3) is 0.444. The van der Waals surface area contributed by atoms with Crippen LogP contribution in [0.4, 0.5) is 71.9 Å². The number of nitriles is 3. The van der Waals surface area contributed by atoms with Gasteiger partial charge in [-0.15, -0.1) is 26.7 Å². The van der Waals surface area contributed by atoms with E-state index in [2.05, 4.69) is 97.6 Å². The lowest BCUT2D eigenvalue weighted by Gasteiger charge is -2.10. The van der Waals surface area contributed by atoms with E-state index in [1.54, 1.807) is 87.9 Å². The van der Waals surface area contributed by atoms with Gasteiger partial charge in [-0.05, 0) is 55.4 Å². The van der Waals surface area contributed by atoms with E-state index in [0.717, 1.165) is 30.9 Å². The molecule has 0 atom stereocenters. The number of carbonyl (C=O) groups is 15. The molecule has 58 nitrogen and oxygen atoms in total. The van der Waals surface area contributed by atoms with Gasteiger partial charge in [-0.3, -0.25) is 25.0 Å². The maximum Gasteiger partial charge on any atom is 0.483 e. The molecule has 58 heteroatoms. The van der Waals surface area contributed by atoms with E-state index >= 15 is 0 Å². The zero-order valence-corrected chi connectivity index (χ0v) is 49.7. The van der Waals surface area contributed by atoms with Gasteiger partial charge in [0, 0.05) is 11.3 Å². The summed E-state index contributed by atoms with van der Waals surface area (Å²) in [6.45, 7) is 20.8. The Balaban J connectivity index is -0.000000177. The summed E-state index contributed by atoms with van der Waals surface area (Å²) in [4.78, 5) is 239. The number of isocyanates is 2. The van der Waals surface area contributed by atoms with Crippen molar-refractivity contribution in [2.75, 3.05) is 0 Å². The number of hydrazine groups is 6. The first-order valence-corrected chi connectivity index (χ1v) is 23.1. The monoisotopic (exact) mass is 1380 g/mol. The van der Waals surface area contributed by atoms with Crippen LogP contribution < -0.4 is 81.5 Å². The third-order valence-corrected chi connectivity index (χ3v) is 4.46. The molecule has 0 aliphatic heterocycles. The smallest absolute Gasteiger partial charge is 0.446 e. The molecular weight excluding hydrogens is 1320 g/mol. The summed E-state index contributed by atoms with van der Waals surface area (Å²) in [6.07, 6.45) is -17.1. The third kappa shape index (κ3) is 86.3. The Morgan fingerprint density at radius 1 is 0.330 bits per heavy atom. The molecule has 530 valence electrons. The van der Waals surface area contributed by atoms with Crippen LogP contribution in [0.3, 0.4) is 0 Å². The van der Waals surface area contributed by atoms with Crippen molar-refractivity contribution in [1.82, 2.24) is 81.5 Å². The van der Waals surface area contributed by atoms with Gasteiger partial charge in [-0.1, -0.05) is 32.8 Å². The Morgan fingerprint density at radius 3 is 0.681 bits per heavy atom. The molecule has 18 N–H and O–H groups in total. The van der Waals surface area contributed by atoms with E-state index in [1.807, 2.05) is 27.7 Å². The highest BCUT2D eigenvalue weighted by Crippen LogP contribution is 1.92. The molecule has 0 saturated heterocycles. The van der Waals surface area contributed by atoms with Crippen molar-refractivity contribution < 1.29 is 185 Å². The van der Waals surface area contributed by atoms with Crippen LogP contribution in [0.1, 0.15) is 83.1 Å². The summed E-state index contributed by atoms with van der Waals surface area (Å²) in [5.74, 6) is 0. The lowest BCUT2D eigenvalue weighted by molar-refractivity contribution is -0.189. The Kier molecular flexibility index (Phi) is 70.7. The van der Waals surface area contributed by atoms with Crippen LogP contribution in [0.5, 0.6) is 0 Å². The molecular formula is C36H58N20O38. The minimum absolute atomic E-state index is 0.167. The molecule has 0 aromatic heterocycles.